The number of benzene rings is 6. The summed E-state index contributed by atoms with van der Waals surface area (Å²) in [7, 11) is -7.67. The second kappa shape index (κ2) is 20.7. The van der Waals surface area contributed by atoms with Gasteiger partial charge in [-0.2, -0.15) is 0 Å². The van der Waals surface area contributed by atoms with Crippen molar-refractivity contribution in [2.24, 2.45) is 0 Å². The van der Waals surface area contributed by atoms with Crippen molar-refractivity contribution < 1.29 is 36.6 Å². The molecule has 0 saturated heterocycles. The van der Waals surface area contributed by atoms with Crippen molar-refractivity contribution in [3.8, 4) is 0 Å². The summed E-state index contributed by atoms with van der Waals surface area (Å²) in [5, 5.41) is 19.0. The van der Waals surface area contributed by atoms with E-state index in [0.717, 1.165) is 27.8 Å². The minimum Gasteiger partial charge on any atom is -0.478 e. The average Bonchev–Trinajstić information content (AvgIpc) is 3.20. The number of halogens is 2. The normalized spacial score (nSPS) is 11.3. The lowest BCUT2D eigenvalue weighted by Crippen LogP contribution is -2.17. The van der Waals surface area contributed by atoms with E-state index in [9.17, 15) is 36.6 Å². The van der Waals surface area contributed by atoms with Crippen LogP contribution >= 0.6 is 23.2 Å². The third-order valence-electron chi connectivity index (χ3n) is 9.86. The topological polar surface area (TPSA) is 167 Å². The van der Waals surface area contributed by atoms with Crippen LogP contribution in [0.1, 0.15) is 72.5 Å². The van der Waals surface area contributed by atoms with E-state index in [-0.39, 0.29) is 20.5 Å². The molecule has 0 atom stereocenters. The Kier molecular flexibility index (Phi) is 15.8. The fourth-order valence-electron chi connectivity index (χ4n) is 7.18. The maximum atomic E-state index is 13.1. The minimum atomic E-state index is -3.93. The number of carboxylic acids is 2. The van der Waals surface area contributed by atoms with Crippen LogP contribution in [0.3, 0.4) is 0 Å². The Labute approximate surface area is 367 Å². The van der Waals surface area contributed by atoms with Crippen molar-refractivity contribution in [3.05, 3.63) is 188 Å². The van der Waals surface area contributed by atoms with Crippen molar-refractivity contribution in [2.45, 2.75) is 69.1 Å². The number of anilines is 2. The third-order valence-corrected chi connectivity index (χ3v) is 13.6. The van der Waals surface area contributed by atoms with Crippen molar-refractivity contribution in [2.75, 3.05) is 9.44 Å². The number of rotatable bonds is 16. The standard InChI is InChI=1S/C25H27NO4S.C22H19Cl2NO4S/c1-17-15-18(2)24(19(3)16-17)31(29,30)26-23-14-7-5-10-21(23)12-8-11-20-9-4-6-13-22(20)25(27)28;23-17-12-13-19(24)21(14-17)30(28,29)25-20-11-4-2-7-16(20)9-5-8-15-6-1-3-10-18(15)22(26)27/h4-7,9-10,13-16,26H,8,11-12H2,1-3H3,(H,27,28);1-4,6-7,10-14,25H,5,8-9H2,(H,26,27). The van der Waals surface area contributed by atoms with Crippen LogP contribution in [0.5, 0.6) is 0 Å². The number of aromatic carboxylic acids is 2. The zero-order chi connectivity index (χ0) is 44.3. The van der Waals surface area contributed by atoms with Crippen LogP contribution in [0, 0.1) is 20.8 Å². The molecule has 0 heterocycles. The first kappa shape index (κ1) is 46.4. The van der Waals surface area contributed by atoms with Crippen LogP contribution in [0.15, 0.2) is 137 Å². The molecule has 0 unspecified atom stereocenters. The van der Waals surface area contributed by atoms with Crippen molar-refractivity contribution in [1.29, 1.82) is 0 Å². The van der Waals surface area contributed by atoms with Gasteiger partial charge in [0.2, 0.25) is 0 Å². The van der Waals surface area contributed by atoms with E-state index in [2.05, 4.69) is 9.44 Å². The summed E-state index contributed by atoms with van der Waals surface area (Å²) in [5.41, 5.74) is 7.23. The van der Waals surface area contributed by atoms with E-state index < -0.39 is 32.0 Å². The number of hydrogen-bond donors (Lipinski definition) is 4. The monoisotopic (exact) mass is 900 g/mol. The van der Waals surface area contributed by atoms with Gasteiger partial charge in [-0.15, -0.1) is 0 Å². The number of para-hydroxylation sites is 2. The molecular weight excluding hydrogens is 856 g/mol. The zero-order valence-corrected chi connectivity index (χ0v) is 36.9. The molecule has 0 aliphatic carbocycles. The van der Waals surface area contributed by atoms with E-state index in [0.29, 0.717) is 71.5 Å². The van der Waals surface area contributed by atoms with E-state index in [1.165, 1.54) is 18.2 Å². The molecule has 6 aromatic rings. The molecule has 0 fully saturated rings. The maximum absolute atomic E-state index is 13.1. The summed E-state index contributed by atoms with van der Waals surface area (Å²) < 4.78 is 57.3. The van der Waals surface area contributed by atoms with Crippen LogP contribution < -0.4 is 9.44 Å². The fraction of sp³-hybridized carbons (Fsp3) is 0.191. The highest BCUT2D eigenvalue weighted by Crippen LogP contribution is 2.30. The highest BCUT2D eigenvalue weighted by Gasteiger charge is 2.22. The quantitative estimate of drug-likeness (QED) is 0.0745. The molecule has 0 amide bonds. The number of sulfonamides is 2. The predicted octanol–water partition coefficient (Wildman–Crippen LogP) is 11.0. The first-order valence-corrected chi connectivity index (χ1v) is 23.1. The lowest BCUT2D eigenvalue weighted by Gasteiger charge is -2.16. The first-order valence-electron chi connectivity index (χ1n) is 19.3. The van der Waals surface area contributed by atoms with Crippen molar-refractivity contribution in [3.63, 3.8) is 0 Å². The zero-order valence-electron chi connectivity index (χ0n) is 33.8. The highest BCUT2D eigenvalue weighted by atomic mass is 35.5. The van der Waals surface area contributed by atoms with Crippen LogP contribution in [0.4, 0.5) is 11.4 Å². The molecule has 0 aromatic heterocycles. The number of nitrogens with one attached hydrogen (secondary N) is 2. The molecule has 0 aliphatic rings. The molecule has 61 heavy (non-hydrogen) atoms. The molecular formula is C47H46Cl2N2O8S2. The smallest absolute Gasteiger partial charge is 0.335 e. The average molecular weight is 902 g/mol. The van der Waals surface area contributed by atoms with E-state index >= 15 is 0 Å². The Balaban J connectivity index is 0.000000231. The van der Waals surface area contributed by atoms with Gasteiger partial charge in [-0.1, -0.05) is 114 Å². The second-order valence-electron chi connectivity index (χ2n) is 14.5. The number of carbonyl (C=O) groups is 2. The lowest BCUT2D eigenvalue weighted by molar-refractivity contribution is 0.0684. The van der Waals surface area contributed by atoms with Gasteiger partial charge in [0.05, 0.1) is 32.4 Å². The van der Waals surface area contributed by atoms with E-state index in [4.69, 9.17) is 23.2 Å². The van der Waals surface area contributed by atoms with Crippen molar-refractivity contribution >= 4 is 66.6 Å². The molecule has 6 aromatic carbocycles. The predicted molar refractivity (Wildman–Crippen MR) is 242 cm³/mol. The van der Waals surface area contributed by atoms with Gasteiger partial charge < -0.3 is 10.2 Å². The Morgan fingerprint density at radius 1 is 0.525 bits per heavy atom. The summed E-state index contributed by atoms with van der Waals surface area (Å²) in [6.07, 6.45) is 3.70. The van der Waals surface area contributed by atoms with Crippen LogP contribution in [0.25, 0.3) is 0 Å². The number of aryl methyl sites for hydroxylation is 7. The SMILES string of the molecule is Cc1cc(C)c(S(=O)(=O)Nc2ccccc2CCCc2ccccc2C(=O)O)c(C)c1.O=C(O)c1ccccc1CCCc1ccccc1NS(=O)(=O)c1cc(Cl)ccc1Cl. The summed E-state index contributed by atoms with van der Waals surface area (Å²) in [6.45, 7) is 5.56. The number of carboxylic acid groups (broad SMARTS) is 2. The molecule has 10 nitrogen and oxygen atoms in total. The van der Waals surface area contributed by atoms with Gasteiger partial charge >= 0.3 is 11.9 Å². The number of hydrogen-bond acceptors (Lipinski definition) is 6. The van der Waals surface area contributed by atoms with Crippen LogP contribution in [0.2, 0.25) is 10.0 Å². The molecule has 318 valence electrons. The Hall–Kier alpha value is -5.66. The minimum absolute atomic E-state index is 0.0784. The van der Waals surface area contributed by atoms with Gasteiger partial charge in [-0.05, 0) is 135 Å². The molecule has 0 spiro atoms. The van der Waals surface area contributed by atoms with Gasteiger partial charge in [-0.3, -0.25) is 9.44 Å². The molecule has 0 radical (unpaired) electrons. The summed E-state index contributed by atoms with van der Waals surface area (Å²) in [5.74, 6) is -1.90. The van der Waals surface area contributed by atoms with Gasteiger partial charge in [0.25, 0.3) is 20.0 Å². The Morgan fingerprint density at radius 3 is 1.38 bits per heavy atom. The lowest BCUT2D eigenvalue weighted by atomic mass is 9.99. The van der Waals surface area contributed by atoms with Gasteiger partial charge in [0, 0.05) is 5.02 Å². The van der Waals surface area contributed by atoms with Gasteiger partial charge in [0.15, 0.2) is 0 Å². The molecule has 14 heteroatoms. The maximum Gasteiger partial charge on any atom is 0.335 e. The van der Waals surface area contributed by atoms with Crippen molar-refractivity contribution in [1.82, 2.24) is 0 Å². The first-order chi connectivity index (χ1) is 29.0. The van der Waals surface area contributed by atoms with E-state index in [1.807, 2.05) is 55.5 Å². The second-order valence-corrected chi connectivity index (χ2v) is 18.6. The molecule has 6 rings (SSSR count). The Morgan fingerprint density at radius 2 is 0.918 bits per heavy atom. The van der Waals surface area contributed by atoms with E-state index in [1.54, 1.807) is 74.5 Å². The van der Waals surface area contributed by atoms with Crippen LogP contribution in [-0.4, -0.2) is 39.0 Å². The molecule has 0 bridgehead atoms. The molecule has 0 aliphatic heterocycles. The third kappa shape index (κ3) is 12.5. The fourth-order valence-corrected chi connectivity index (χ4v) is 10.6. The van der Waals surface area contributed by atoms with Crippen LogP contribution in [-0.2, 0) is 45.7 Å². The summed E-state index contributed by atoms with van der Waals surface area (Å²) in [4.78, 5) is 23.0. The largest absolute Gasteiger partial charge is 0.478 e. The summed E-state index contributed by atoms with van der Waals surface area (Å²) >= 11 is 12.0. The van der Waals surface area contributed by atoms with Gasteiger partial charge in [0.1, 0.15) is 4.90 Å². The molecule has 4 N–H and O–H groups in total. The molecule has 0 saturated carbocycles. The highest BCUT2D eigenvalue weighted by molar-refractivity contribution is 7.93. The summed E-state index contributed by atoms with van der Waals surface area (Å²) in [6, 6.07) is 36.2. The van der Waals surface area contributed by atoms with Gasteiger partial charge in [-0.25, -0.2) is 26.4 Å². The Bertz CT molecular complexity index is 2750.